The molecule has 0 radical (unpaired) electrons. The highest BCUT2D eigenvalue weighted by molar-refractivity contribution is 6.31. The predicted octanol–water partition coefficient (Wildman–Crippen LogP) is 4.92. The van der Waals surface area contributed by atoms with Crippen LogP contribution in [0.1, 0.15) is 0 Å². The Morgan fingerprint density at radius 2 is 1.25 bits per heavy atom. The molecule has 2 rings (SSSR count). The average molecular weight is 317 g/mol. The zero-order chi connectivity index (χ0) is 14.7. The first-order valence-corrected chi connectivity index (χ1v) is 6.20. The van der Waals surface area contributed by atoms with Gasteiger partial charge in [0.25, 0.3) is 0 Å². The van der Waals surface area contributed by atoms with Crippen molar-refractivity contribution >= 4 is 40.6 Å². The van der Waals surface area contributed by atoms with E-state index in [1.807, 2.05) is 0 Å². The van der Waals surface area contributed by atoms with Gasteiger partial charge in [-0.05, 0) is 24.3 Å². The summed E-state index contributed by atoms with van der Waals surface area (Å²) in [6.45, 7) is 0. The number of amides is 2. The molecule has 0 aliphatic heterocycles. The molecule has 3 nitrogen and oxygen atoms in total. The summed E-state index contributed by atoms with van der Waals surface area (Å²) >= 11 is 11.2. The fraction of sp³-hybridized carbons (Fsp3) is 0. The van der Waals surface area contributed by atoms with E-state index in [0.29, 0.717) is 0 Å². The number of carbonyl (C=O) groups excluding carboxylic acids is 1. The van der Waals surface area contributed by atoms with Gasteiger partial charge in [-0.3, -0.25) is 0 Å². The smallest absolute Gasteiger partial charge is 0.305 e. The zero-order valence-electron chi connectivity index (χ0n) is 9.88. The van der Waals surface area contributed by atoms with Crippen LogP contribution in [0.3, 0.4) is 0 Å². The van der Waals surface area contributed by atoms with Crippen molar-refractivity contribution in [3.63, 3.8) is 0 Å². The molecule has 0 aliphatic carbocycles. The van der Waals surface area contributed by atoms with E-state index in [4.69, 9.17) is 23.2 Å². The number of urea groups is 1. The van der Waals surface area contributed by atoms with Crippen LogP contribution in [0, 0.1) is 11.6 Å². The second-order valence-corrected chi connectivity index (χ2v) is 4.60. The molecule has 2 aromatic carbocycles. The molecule has 0 heterocycles. The first kappa shape index (κ1) is 14.6. The summed E-state index contributed by atoms with van der Waals surface area (Å²) in [6.07, 6.45) is 0. The van der Waals surface area contributed by atoms with Gasteiger partial charge in [-0.1, -0.05) is 35.3 Å². The third-order valence-corrected chi connectivity index (χ3v) is 2.98. The quantitative estimate of drug-likeness (QED) is 0.811. The monoisotopic (exact) mass is 316 g/mol. The molecule has 2 amide bonds. The summed E-state index contributed by atoms with van der Waals surface area (Å²) in [5.74, 6) is -1.54. The molecule has 0 atom stereocenters. The number of benzene rings is 2. The standard InChI is InChI=1S/C13H8Cl2F2N2O/c14-7-3-1-5-9(11(7)16)18-13(20)19-10-6-2-4-8(15)12(10)17/h1-6H,(H2,18,19,20). The van der Waals surface area contributed by atoms with E-state index < -0.39 is 17.7 Å². The SMILES string of the molecule is O=C(Nc1cccc(Cl)c1F)Nc1cccc(Cl)c1F. The molecule has 0 spiro atoms. The zero-order valence-corrected chi connectivity index (χ0v) is 11.4. The lowest BCUT2D eigenvalue weighted by molar-refractivity contribution is 0.262. The largest absolute Gasteiger partial charge is 0.323 e. The molecule has 0 bridgehead atoms. The Balaban J connectivity index is 2.13. The molecule has 0 fully saturated rings. The highest BCUT2D eigenvalue weighted by Crippen LogP contribution is 2.24. The summed E-state index contributed by atoms with van der Waals surface area (Å²) in [4.78, 5) is 11.7. The van der Waals surface area contributed by atoms with E-state index in [9.17, 15) is 13.6 Å². The van der Waals surface area contributed by atoms with Crippen LogP contribution in [-0.2, 0) is 0 Å². The third-order valence-electron chi connectivity index (χ3n) is 2.40. The topological polar surface area (TPSA) is 41.1 Å². The fourth-order valence-electron chi connectivity index (χ4n) is 1.48. The lowest BCUT2D eigenvalue weighted by Crippen LogP contribution is -2.20. The van der Waals surface area contributed by atoms with Gasteiger partial charge in [0, 0.05) is 0 Å². The molecular formula is C13H8Cl2F2N2O. The van der Waals surface area contributed by atoms with Crippen LogP contribution in [0.4, 0.5) is 25.0 Å². The molecule has 20 heavy (non-hydrogen) atoms. The van der Waals surface area contributed by atoms with Gasteiger partial charge in [-0.2, -0.15) is 0 Å². The second-order valence-electron chi connectivity index (χ2n) is 3.78. The second kappa shape index (κ2) is 6.07. The van der Waals surface area contributed by atoms with Crippen LogP contribution in [-0.4, -0.2) is 6.03 Å². The molecule has 0 saturated carbocycles. The normalized spacial score (nSPS) is 10.2. The van der Waals surface area contributed by atoms with E-state index in [0.717, 1.165) is 0 Å². The third kappa shape index (κ3) is 3.18. The molecule has 2 aromatic rings. The minimum Gasteiger partial charge on any atom is -0.305 e. The minimum absolute atomic E-state index is 0.113. The maximum Gasteiger partial charge on any atom is 0.323 e. The van der Waals surface area contributed by atoms with E-state index in [1.165, 1.54) is 36.4 Å². The summed E-state index contributed by atoms with van der Waals surface area (Å²) in [7, 11) is 0. The van der Waals surface area contributed by atoms with Crippen molar-refractivity contribution < 1.29 is 13.6 Å². The lowest BCUT2D eigenvalue weighted by Gasteiger charge is -2.10. The molecule has 2 N–H and O–H groups in total. The highest BCUT2D eigenvalue weighted by Gasteiger charge is 2.12. The number of carbonyl (C=O) groups is 1. The van der Waals surface area contributed by atoms with Gasteiger partial charge >= 0.3 is 6.03 Å². The first-order chi connectivity index (χ1) is 9.49. The average Bonchev–Trinajstić information content (AvgIpc) is 2.40. The van der Waals surface area contributed by atoms with Gasteiger partial charge in [-0.25, -0.2) is 13.6 Å². The summed E-state index contributed by atoms with van der Waals surface area (Å²) in [5.41, 5.74) is -0.227. The van der Waals surface area contributed by atoms with Gasteiger partial charge < -0.3 is 10.6 Å². The van der Waals surface area contributed by atoms with Crippen molar-refractivity contribution in [2.75, 3.05) is 10.6 Å². The van der Waals surface area contributed by atoms with Crippen molar-refractivity contribution in [1.82, 2.24) is 0 Å². The predicted molar refractivity (Wildman–Crippen MR) is 75.5 cm³/mol. The summed E-state index contributed by atoms with van der Waals surface area (Å²) in [6, 6.07) is 7.48. The van der Waals surface area contributed by atoms with Crippen LogP contribution in [0.15, 0.2) is 36.4 Å². The lowest BCUT2D eigenvalue weighted by atomic mass is 10.3. The van der Waals surface area contributed by atoms with Crippen molar-refractivity contribution in [2.24, 2.45) is 0 Å². The summed E-state index contributed by atoms with van der Waals surface area (Å²) in [5, 5.41) is 4.20. The van der Waals surface area contributed by atoms with Gasteiger partial charge in [-0.15, -0.1) is 0 Å². The number of halogens is 4. The Hall–Kier alpha value is -1.85. The molecule has 0 aliphatic rings. The van der Waals surface area contributed by atoms with Crippen molar-refractivity contribution in [1.29, 1.82) is 0 Å². The maximum atomic E-state index is 13.6. The van der Waals surface area contributed by atoms with Crippen LogP contribution >= 0.6 is 23.2 Å². The number of rotatable bonds is 2. The molecule has 0 saturated heterocycles. The molecule has 0 aromatic heterocycles. The van der Waals surface area contributed by atoms with Crippen LogP contribution in [0.2, 0.25) is 10.0 Å². The fourth-order valence-corrected chi connectivity index (χ4v) is 1.83. The van der Waals surface area contributed by atoms with Gasteiger partial charge in [0.1, 0.15) is 0 Å². The minimum atomic E-state index is -0.813. The Kier molecular flexibility index (Phi) is 4.42. The molecule has 0 unspecified atom stereocenters. The van der Waals surface area contributed by atoms with Crippen LogP contribution < -0.4 is 10.6 Å². The van der Waals surface area contributed by atoms with Crippen LogP contribution in [0.5, 0.6) is 0 Å². The Bertz CT molecular complexity index is 609. The maximum absolute atomic E-state index is 13.6. The molecule has 7 heteroatoms. The van der Waals surface area contributed by atoms with Crippen molar-refractivity contribution in [3.05, 3.63) is 58.1 Å². The molecule has 104 valence electrons. The van der Waals surface area contributed by atoms with Gasteiger partial charge in [0.15, 0.2) is 11.6 Å². The molecular weight excluding hydrogens is 309 g/mol. The highest BCUT2D eigenvalue weighted by atomic mass is 35.5. The van der Waals surface area contributed by atoms with E-state index in [-0.39, 0.29) is 21.4 Å². The number of hydrogen-bond donors (Lipinski definition) is 2. The number of nitrogens with one attached hydrogen (secondary N) is 2. The Morgan fingerprint density at radius 1 is 0.850 bits per heavy atom. The Morgan fingerprint density at radius 3 is 1.65 bits per heavy atom. The van der Waals surface area contributed by atoms with Crippen molar-refractivity contribution in [3.8, 4) is 0 Å². The van der Waals surface area contributed by atoms with Crippen molar-refractivity contribution in [2.45, 2.75) is 0 Å². The number of hydrogen-bond acceptors (Lipinski definition) is 1. The van der Waals surface area contributed by atoms with E-state index >= 15 is 0 Å². The van der Waals surface area contributed by atoms with E-state index in [1.54, 1.807) is 0 Å². The summed E-state index contributed by atoms with van der Waals surface area (Å²) < 4.78 is 27.1. The van der Waals surface area contributed by atoms with Gasteiger partial charge in [0.05, 0.1) is 21.4 Å². The van der Waals surface area contributed by atoms with E-state index in [2.05, 4.69) is 10.6 Å². The van der Waals surface area contributed by atoms with Gasteiger partial charge in [0.2, 0.25) is 0 Å². The first-order valence-electron chi connectivity index (χ1n) is 5.45. The number of anilines is 2. The Labute approximate surface area is 123 Å². The van der Waals surface area contributed by atoms with Crippen LogP contribution in [0.25, 0.3) is 0 Å².